The van der Waals surface area contributed by atoms with E-state index in [1.54, 1.807) is 11.3 Å². The molecule has 0 aromatic carbocycles. The Balaban J connectivity index is 1.74. The first-order valence-electron chi connectivity index (χ1n) is 6.83. The standard InChI is InChI=1S/C11H15N2O2S.2CH3.Sn.H/c14-11(10-2-1-9-16-10)12-3-4-13-5-7-15-8-6-13;;;;/h2,9H,3-8H2,(H,12,14);2*1H3;;. The Hall–Kier alpha value is -0.111. The first-order chi connectivity index (χ1) is 9.16. The van der Waals surface area contributed by atoms with E-state index in [2.05, 4.69) is 31.5 Å². The summed E-state index contributed by atoms with van der Waals surface area (Å²) < 4.78 is 6.75. The number of thiophene rings is 1. The van der Waals surface area contributed by atoms with E-state index in [1.807, 2.05) is 0 Å². The van der Waals surface area contributed by atoms with Crippen molar-refractivity contribution in [3.8, 4) is 0 Å². The Morgan fingerprint density at radius 3 is 2.84 bits per heavy atom. The second kappa shape index (κ2) is 7.61. The molecule has 0 saturated carbocycles. The number of carbonyl (C=O) groups is 1. The van der Waals surface area contributed by atoms with Crippen LogP contribution in [0.25, 0.3) is 0 Å². The van der Waals surface area contributed by atoms with E-state index in [1.165, 1.54) is 3.58 Å². The van der Waals surface area contributed by atoms with E-state index in [9.17, 15) is 4.79 Å². The number of nitrogens with one attached hydrogen (secondary N) is 1. The zero-order valence-corrected chi connectivity index (χ0v) is 15.8. The van der Waals surface area contributed by atoms with Crippen molar-refractivity contribution in [3.05, 3.63) is 16.3 Å². The number of hydrogen-bond donors (Lipinski definition) is 1. The molecule has 4 nitrogen and oxygen atoms in total. The maximum absolute atomic E-state index is 12.0. The van der Waals surface area contributed by atoms with Crippen LogP contribution in [-0.2, 0) is 4.74 Å². The van der Waals surface area contributed by atoms with Crippen LogP contribution in [0.1, 0.15) is 9.67 Å². The number of nitrogens with zero attached hydrogens (tertiary/aromatic N) is 1. The normalized spacial score (nSPS) is 16.8. The fourth-order valence-corrected chi connectivity index (χ4v) is 7.68. The molecule has 0 atom stereocenters. The van der Waals surface area contributed by atoms with E-state index in [0.29, 0.717) is 0 Å². The summed E-state index contributed by atoms with van der Waals surface area (Å²) in [6, 6.07) is 2.09. The van der Waals surface area contributed by atoms with Crippen molar-refractivity contribution < 1.29 is 9.53 Å². The molecule has 2 rings (SSSR count). The van der Waals surface area contributed by atoms with Gasteiger partial charge in [-0.15, -0.1) is 0 Å². The van der Waals surface area contributed by atoms with Gasteiger partial charge >= 0.3 is 126 Å². The molecule has 1 saturated heterocycles. The summed E-state index contributed by atoms with van der Waals surface area (Å²) in [6.07, 6.45) is 0. The van der Waals surface area contributed by atoms with Gasteiger partial charge in [-0.3, -0.25) is 0 Å². The molecule has 1 N–H and O–H groups in total. The molecule has 0 spiro atoms. The van der Waals surface area contributed by atoms with E-state index >= 15 is 0 Å². The molecular formula is C13H22N2O2SSn. The van der Waals surface area contributed by atoms with Crippen LogP contribution in [0.5, 0.6) is 0 Å². The number of amides is 1. The molecule has 1 aromatic heterocycles. The molecule has 19 heavy (non-hydrogen) atoms. The van der Waals surface area contributed by atoms with Crippen LogP contribution in [0.15, 0.2) is 11.4 Å². The molecule has 2 heterocycles. The van der Waals surface area contributed by atoms with Crippen molar-refractivity contribution in [1.29, 1.82) is 0 Å². The molecule has 0 radical (unpaired) electrons. The molecule has 106 valence electrons. The van der Waals surface area contributed by atoms with E-state index < -0.39 is 19.8 Å². The third-order valence-corrected chi connectivity index (χ3v) is 9.72. The Kier molecular flexibility index (Phi) is 6.12. The molecule has 1 amide bonds. The van der Waals surface area contributed by atoms with Gasteiger partial charge in [-0.25, -0.2) is 0 Å². The Morgan fingerprint density at radius 1 is 1.47 bits per heavy atom. The van der Waals surface area contributed by atoms with Crippen LogP contribution in [0.2, 0.25) is 9.88 Å². The number of rotatable bonds is 5. The van der Waals surface area contributed by atoms with Gasteiger partial charge in [-0.1, -0.05) is 0 Å². The summed E-state index contributed by atoms with van der Waals surface area (Å²) in [7, 11) is 0. The van der Waals surface area contributed by atoms with Crippen LogP contribution in [0.3, 0.4) is 0 Å². The van der Waals surface area contributed by atoms with Crippen LogP contribution in [-0.4, -0.2) is 70.0 Å². The van der Waals surface area contributed by atoms with Gasteiger partial charge < -0.3 is 0 Å². The SMILES string of the molecule is [CH3][SnH]([CH3])[c]1csc(C(=O)NCCN2CCOCC2)c1. The van der Waals surface area contributed by atoms with Gasteiger partial charge in [0.2, 0.25) is 0 Å². The third-order valence-electron chi connectivity index (χ3n) is 3.33. The van der Waals surface area contributed by atoms with Crippen molar-refractivity contribution >= 4 is 40.6 Å². The molecule has 0 aliphatic carbocycles. The first kappa shape index (κ1) is 15.3. The maximum atomic E-state index is 12.0. The van der Waals surface area contributed by atoms with Crippen molar-refractivity contribution in [1.82, 2.24) is 10.2 Å². The number of ether oxygens (including phenoxy) is 1. The van der Waals surface area contributed by atoms with Gasteiger partial charge in [0.05, 0.1) is 0 Å². The van der Waals surface area contributed by atoms with Gasteiger partial charge in [0.25, 0.3) is 0 Å². The summed E-state index contributed by atoms with van der Waals surface area (Å²) in [5.74, 6) is 0.0800. The molecular weight excluding hydrogens is 367 g/mol. The van der Waals surface area contributed by atoms with Gasteiger partial charge in [-0.2, -0.15) is 0 Å². The number of morpholine rings is 1. The summed E-state index contributed by atoms with van der Waals surface area (Å²) in [5.41, 5.74) is 0. The monoisotopic (exact) mass is 390 g/mol. The molecule has 1 aliphatic rings. The second-order valence-corrected chi connectivity index (χ2v) is 14.5. The van der Waals surface area contributed by atoms with Gasteiger partial charge in [0.15, 0.2) is 0 Å². The van der Waals surface area contributed by atoms with Gasteiger partial charge in [0.1, 0.15) is 0 Å². The summed E-state index contributed by atoms with van der Waals surface area (Å²) in [5, 5.41) is 5.18. The van der Waals surface area contributed by atoms with Gasteiger partial charge in [-0.05, 0) is 0 Å². The fraction of sp³-hybridized carbons (Fsp3) is 0.615. The van der Waals surface area contributed by atoms with Crippen LogP contribution in [0.4, 0.5) is 0 Å². The first-order valence-corrected chi connectivity index (χ1v) is 16.0. The van der Waals surface area contributed by atoms with Crippen molar-refractivity contribution in [2.45, 2.75) is 9.88 Å². The summed E-state index contributed by atoms with van der Waals surface area (Å²) in [6.45, 7) is 5.20. The second-order valence-electron chi connectivity index (χ2n) is 5.11. The third kappa shape index (κ3) is 4.73. The van der Waals surface area contributed by atoms with E-state index in [4.69, 9.17) is 4.74 Å². The topological polar surface area (TPSA) is 41.6 Å². The van der Waals surface area contributed by atoms with E-state index in [-0.39, 0.29) is 5.91 Å². The molecule has 1 aliphatic heterocycles. The fourth-order valence-electron chi connectivity index (χ4n) is 2.01. The Labute approximate surface area is 125 Å². The van der Waals surface area contributed by atoms with Crippen LogP contribution in [0, 0.1) is 0 Å². The molecule has 1 fully saturated rings. The average molecular weight is 389 g/mol. The minimum absolute atomic E-state index is 0.0800. The predicted octanol–water partition coefficient (Wildman–Crippen LogP) is 0.504. The van der Waals surface area contributed by atoms with Crippen LogP contribution >= 0.6 is 11.3 Å². The Bertz CT molecular complexity index is 417. The zero-order valence-electron chi connectivity index (χ0n) is 11.6. The summed E-state index contributed by atoms with van der Waals surface area (Å²) in [4.78, 5) is 19.9. The number of hydrogen-bond acceptors (Lipinski definition) is 4. The Morgan fingerprint density at radius 2 is 2.21 bits per heavy atom. The summed E-state index contributed by atoms with van der Waals surface area (Å²) >= 11 is 0.138. The predicted molar refractivity (Wildman–Crippen MR) is 82.4 cm³/mol. The molecule has 0 bridgehead atoms. The van der Waals surface area contributed by atoms with E-state index in [0.717, 1.165) is 44.3 Å². The minimum atomic E-state index is -1.44. The quantitative estimate of drug-likeness (QED) is 0.747. The average Bonchev–Trinajstić information content (AvgIpc) is 2.89. The van der Waals surface area contributed by atoms with Crippen molar-refractivity contribution in [3.63, 3.8) is 0 Å². The number of carbonyl (C=O) groups excluding carboxylic acids is 1. The van der Waals surface area contributed by atoms with Crippen molar-refractivity contribution in [2.24, 2.45) is 0 Å². The molecule has 1 aromatic rings. The molecule has 6 heteroatoms. The van der Waals surface area contributed by atoms with Crippen LogP contribution < -0.4 is 8.90 Å². The molecule has 0 unspecified atom stereocenters. The van der Waals surface area contributed by atoms with Gasteiger partial charge in [0, 0.05) is 0 Å². The van der Waals surface area contributed by atoms with Crippen molar-refractivity contribution in [2.75, 3.05) is 39.4 Å². The zero-order chi connectivity index (χ0) is 13.7.